The summed E-state index contributed by atoms with van der Waals surface area (Å²) in [5, 5.41) is 0.627. The van der Waals surface area contributed by atoms with Crippen LogP contribution in [-0.2, 0) is 29.2 Å². The predicted molar refractivity (Wildman–Crippen MR) is 138 cm³/mol. The Labute approximate surface area is 209 Å². The van der Waals surface area contributed by atoms with E-state index in [9.17, 15) is 9.59 Å². The third-order valence-corrected chi connectivity index (χ3v) is 6.21. The molecule has 0 atom stereocenters. The van der Waals surface area contributed by atoms with Crippen molar-refractivity contribution in [1.82, 2.24) is 19.8 Å². The molecule has 3 aromatic carbocycles. The smallest absolute Gasteiger partial charge is 0.320 e. The van der Waals surface area contributed by atoms with Crippen LogP contribution in [0.5, 0.6) is 0 Å². The Morgan fingerprint density at radius 2 is 1.67 bits per heavy atom. The lowest BCUT2D eigenvalue weighted by Gasteiger charge is -2.17. The maximum atomic E-state index is 13.6. The number of nitrogen functional groups attached to an aromatic ring is 1. The van der Waals surface area contributed by atoms with Gasteiger partial charge in [0.15, 0.2) is 0 Å². The van der Waals surface area contributed by atoms with Gasteiger partial charge in [-0.15, -0.1) is 0 Å². The molecule has 182 valence electrons. The van der Waals surface area contributed by atoms with Gasteiger partial charge in [0.1, 0.15) is 12.3 Å². The molecule has 4 aromatic rings. The first-order chi connectivity index (χ1) is 17.4. The van der Waals surface area contributed by atoms with Crippen molar-refractivity contribution in [2.24, 2.45) is 0 Å². The summed E-state index contributed by atoms with van der Waals surface area (Å²) >= 11 is 0. The van der Waals surface area contributed by atoms with E-state index in [1.165, 1.54) is 0 Å². The van der Waals surface area contributed by atoms with E-state index >= 15 is 0 Å². The number of anilines is 1. The average molecular weight is 482 g/mol. The molecule has 0 bridgehead atoms. The van der Waals surface area contributed by atoms with Crippen LogP contribution >= 0.6 is 0 Å². The fraction of sp³-hybridized carbons (Fsp3) is 0.214. The molecular weight excluding hydrogens is 454 g/mol. The van der Waals surface area contributed by atoms with Gasteiger partial charge in [0.25, 0.3) is 5.91 Å². The van der Waals surface area contributed by atoms with E-state index in [0.29, 0.717) is 24.0 Å². The van der Waals surface area contributed by atoms with E-state index in [4.69, 9.17) is 10.5 Å². The zero-order valence-electron chi connectivity index (χ0n) is 20.3. The Balaban J connectivity index is 1.49. The number of likely N-dealkylation sites (N-methyl/N-ethyl adjacent to an activating group) is 1. The van der Waals surface area contributed by atoms with Crippen LogP contribution in [0.15, 0.2) is 66.7 Å². The Kier molecular flexibility index (Phi) is 6.35. The van der Waals surface area contributed by atoms with Crippen molar-refractivity contribution in [2.75, 3.05) is 26.4 Å². The highest BCUT2D eigenvalue weighted by Gasteiger charge is 2.27. The van der Waals surface area contributed by atoms with Crippen LogP contribution in [0.25, 0.3) is 22.0 Å². The van der Waals surface area contributed by atoms with E-state index in [-0.39, 0.29) is 36.7 Å². The van der Waals surface area contributed by atoms with Crippen molar-refractivity contribution in [3.63, 3.8) is 0 Å². The number of carbonyl (C=O) groups is 2. The van der Waals surface area contributed by atoms with Crippen LogP contribution in [-0.4, -0.2) is 52.3 Å². The summed E-state index contributed by atoms with van der Waals surface area (Å²) in [5.74, 6) is -0.423. The number of esters is 1. The lowest BCUT2D eigenvalue weighted by atomic mass is 9.98. The summed E-state index contributed by atoms with van der Waals surface area (Å²) in [5.41, 5.74) is 11.8. The molecule has 0 unspecified atom stereocenters. The zero-order valence-corrected chi connectivity index (χ0v) is 20.3. The predicted octanol–water partition coefficient (Wildman–Crippen LogP) is 3.64. The van der Waals surface area contributed by atoms with Gasteiger partial charge < -0.3 is 15.4 Å². The van der Waals surface area contributed by atoms with Crippen LogP contribution in [0.4, 0.5) is 5.95 Å². The van der Waals surface area contributed by atoms with Gasteiger partial charge in [0.05, 0.1) is 12.1 Å². The van der Waals surface area contributed by atoms with Gasteiger partial charge in [0, 0.05) is 18.5 Å². The van der Waals surface area contributed by atoms with Crippen molar-refractivity contribution in [3.8, 4) is 11.1 Å². The van der Waals surface area contributed by atoms with E-state index < -0.39 is 0 Å². The normalized spacial score (nSPS) is 12.7. The number of hydrogen-bond donors (Lipinski definition) is 1. The SMILES string of the molecule is CN(C)CC(=O)OCc1ccccc1-c1ccc2nc(N)nc(C(=O)N3Cc4ccccc4C3)c2c1. The Hall–Kier alpha value is -4.30. The largest absolute Gasteiger partial charge is 0.460 e. The highest BCUT2D eigenvalue weighted by atomic mass is 16.5. The molecule has 2 N–H and O–H groups in total. The molecule has 36 heavy (non-hydrogen) atoms. The summed E-state index contributed by atoms with van der Waals surface area (Å²) < 4.78 is 5.48. The van der Waals surface area contributed by atoms with Gasteiger partial charge in [-0.05, 0) is 54.0 Å². The molecule has 1 aromatic heterocycles. The molecule has 0 aliphatic carbocycles. The lowest BCUT2D eigenvalue weighted by molar-refractivity contribution is -0.145. The van der Waals surface area contributed by atoms with Gasteiger partial charge in [0.2, 0.25) is 5.95 Å². The zero-order chi connectivity index (χ0) is 25.2. The maximum absolute atomic E-state index is 13.6. The minimum Gasteiger partial charge on any atom is -0.460 e. The molecule has 1 amide bonds. The van der Waals surface area contributed by atoms with Crippen LogP contribution in [0.1, 0.15) is 27.2 Å². The Bertz CT molecular complexity index is 1440. The number of aromatic nitrogens is 2. The Morgan fingerprint density at radius 1 is 0.972 bits per heavy atom. The number of rotatable bonds is 6. The molecule has 8 heteroatoms. The monoisotopic (exact) mass is 481 g/mol. The number of nitrogens with zero attached hydrogens (tertiary/aromatic N) is 4. The number of fused-ring (bicyclic) bond motifs is 2. The highest BCUT2D eigenvalue weighted by molar-refractivity contribution is 6.06. The van der Waals surface area contributed by atoms with Crippen LogP contribution in [0.3, 0.4) is 0 Å². The Morgan fingerprint density at radius 3 is 2.39 bits per heavy atom. The first kappa shape index (κ1) is 23.4. The standard InChI is InChI=1S/C28H27N5O3/c1-32(2)16-25(34)36-17-21-9-5-6-10-22(21)18-11-12-24-23(13-18)26(31-28(29)30-24)27(35)33-14-19-7-3-4-8-20(19)15-33/h3-13H,14-17H2,1-2H3,(H2,29,30,31). The molecule has 0 saturated heterocycles. The van der Waals surface area contributed by atoms with Gasteiger partial charge >= 0.3 is 5.97 Å². The molecule has 1 aliphatic heterocycles. The van der Waals surface area contributed by atoms with Crippen molar-refractivity contribution < 1.29 is 14.3 Å². The maximum Gasteiger partial charge on any atom is 0.320 e. The number of hydrogen-bond acceptors (Lipinski definition) is 7. The van der Waals surface area contributed by atoms with Crippen LogP contribution < -0.4 is 5.73 Å². The number of nitrogens with two attached hydrogens (primary N) is 1. The molecular formula is C28H27N5O3. The van der Waals surface area contributed by atoms with Crippen LogP contribution in [0.2, 0.25) is 0 Å². The second-order valence-corrected chi connectivity index (χ2v) is 9.15. The van der Waals surface area contributed by atoms with Crippen molar-refractivity contribution in [2.45, 2.75) is 19.7 Å². The molecule has 8 nitrogen and oxygen atoms in total. The molecule has 0 spiro atoms. The minimum absolute atomic E-state index is 0.0588. The van der Waals surface area contributed by atoms with Crippen molar-refractivity contribution in [3.05, 3.63) is 89.1 Å². The second kappa shape index (κ2) is 9.75. The van der Waals surface area contributed by atoms with Crippen LogP contribution in [0, 0.1) is 0 Å². The molecule has 2 heterocycles. The summed E-state index contributed by atoms with van der Waals surface area (Å²) in [4.78, 5) is 37.9. The minimum atomic E-state index is -0.295. The number of amides is 1. The van der Waals surface area contributed by atoms with E-state index in [2.05, 4.69) is 9.97 Å². The van der Waals surface area contributed by atoms with E-state index in [0.717, 1.165) is 27.8 Å². The fourth-order valence-electron chi connectivity index (χ4n) is 4.49. The van der Waals surface area contributed by atoms with Gasteiger partial charge in [-0.25, -0.2) is 9.97 Å². The first-order valence-electron chi connectivity index (χ1n) is 11.7. The summed E-state index contributed by atoms with van der Waals surface area (Å²) in [7, 11) is 3.64. The fourth-order valence-corrected chi connectivity index (χ4v) is 4.49. The highest BCUT2D eigenvalue weighted by Crippen LogP contribution is 2.31. The molecule has 1 aliphatic rings. The molecule has 0 radical (unpaired) electrons. The van der Waals surface area contributed by atoms with Crippen molar-refractivity contribution in [1.29, 1.82) is 0 Å². The quantitative estimate of drug-likeness (QED) is 0.420. The summed E-state index contributed by atoms with van der Waals surface area (Å²) in [6, 6.07) is 21.4. The summed E-state index contributed by atoms with van der Waals surface area (Å²) in [6.07, 6.45) is 0. The molecule has 5 rings (SSSR count). The average Bonchev–Trinajstić information content (AvgIpc) is 3.30. The number of carbonyl (C=O) groups excluding carboxylic acids is 2. The molecule has 0 saturated carbocycles. The second-order valence-electron chi connectivity index (χ2n) is 9.15. The topological polar surface area (TPSA) is 102 Å². The first-order valence-corrected chi connectivity index (χ1v) is 11.7. The van der Waals surface area contributed by atoms with Gasteiger partial charge in [-0.3, -0.25) is 14.5 Å². The van der Waals surface area contributed by atoms with E-state index in [1.807, 2.05) is 80.8 Å². The lowest BCUT2D eigenvalue weighted by Crippen LogP contribution is -2.27. The number of benzene rings is 3. The third-order valence-electron chi connectivity index (χ3n) is 6.21. The number of ether oxygens (including phenoxy) is 1. The van der Waals surface area contributed by atoms with E-state index in [1.54, 1.807) is 9.80 Å². The van der Waals surface area contributed by atoms with Crippen molar-refractivity contribution >= 4 is 28.7 Å². The van der Waals surface area contributed by atoms with Gasteiger partial charge in [-0.2, -0.15) is 0 Å². The molecule has 0 fully saturated rings. The third kappa shape index (κ3) is 4.76. The van der Waals surface area contributed by atoms with Gasteiger partial charge in [-0.1, -0.05) is 54.6 Å². The summed E-state index contributed by atoms with van der Waals surface area (Å²) in [6.45, 7) is 1.42.